The normalized spacial score (nSPS) is 12.7. The van der Waals surface area contributed by atoms with Crippen molar-refractivity contribution in [3.05, 3.63) is 40.4 Å². The molecular weight excluding hydrogens is 324 g/mol. The number of hydrogen-bond acceptors (Lipinski definition) is 1. The van der Waals surface area contributed by atoms with Gasteiger partial charge < -0.3 is 5.32 Å². The zero-order chi connectivity index (χ0) is 16.3. The molecule has 0 fully saturated rings. The van der Waals surface area contributed by atoms with Gasteiger partial charge in [0.05, 0.1) is 5.56 Å². The number of carbonyl (C=O) groups excluding carboxylic acids is 1. The van der Waals surface area contributed by atoms with Gasteiger partial charge in [-0.25, -0.2) is 0 Å². The highest BCUT2D eigenvalue weighted by Gasteiger charge is 2.30. The van der Waals surface area contributed by atoms with Gasteiger partial charge in [-0.05, 0) is 29.8 Å². The standard InChI is InChI=1S/C12H8ClF6NO/c13-9-3-2-8(12(17,18)19)5-7(9)1-4-10(21)20-6-11(14,15)16/h1-5H,6H2,(H,20,21)/b4-1+. The van der Waals surface area contributed by atoms with Gasteiger partial charge in [0.2, 0.25) is 5.91 Å². The minimum absolute atomic E-state index is 0.0668. The van der Waals surface area contributed by atoms with Crippen molar-refractivity contribution in [3.63, 3.8) is 0 Å². The molecule has 0 bridgehead atoms. The molecule has 0 aliphatic heterocycles. The summed E-state index contributed by atoms with van der Waals surface area (Å²) in [6.45, 7) is -1.54. The molecule has 0 aromatic heterocycles. The van der Waals surface area contributed by atoms with E-state index in [1.54, 1.807) is 5.32 Å². The zero-order valence-electron chi connectivity index (χ0n) is 10.1. The van der Waals surface area contributed by atoms with Gasteiger partial charge in [-0.1, -0.05) is 11.6 Å². The first-order chi connectivity index (χ1) is 9.49. The van der Waals surface area contributed by atoms with Crippen molar-refractivity contribution in [3.8, 4) is 0 Å². The Morgan fingerprint density at radius 2 is 1.81 bits per heavy atom. The third kappa shape index (κ3) is 6.07. The van der Waals surface area contributed by atoms with Crippen molar-refractivity contribution in [1.29, 1.82) is 0 Å². The molecule has 2 nitrogen and oxygen atoms in total. The first-order valence-corrected chi connectivity index (χ1v) is 5.76. The Bertz CT molecular complexity index is 550. The van der Waals surface area contributed by atoms with Crippen molar-refractivity contribution >= 4 is 23.6 Å². The molecule has 1 aromatic carbocycles. The summed E-state index contributed by atoms with van der Waals surface area (Å²) < 4.78 is 73.0. The Kier molecular flexibility index (Phi) is 5.27. The van der Waals surface area contributed by atoms with E-state index in [1.165, 1.54) is 0 Å². The van der Waals surface area contributed by atoms with Gasteiger partial charge in [0.25, 0.3) is 0 Å². The topological polar surface area (TPSA) is 29.1 Å². The summed E-state index contributed by atoms with van der Waals surface area (Å²) in [6.07, 6.45) is -7.58. The van der Waals surface area contributed by atoms with Gasteiger partial charge in [0.1, 0.15) is 6.54 Å². The monoisotopic (exact) mass is 331 g/mol. The van der Waals surface area contributed by atoms with E-state index in [0.29, 0.717) is 12.1 Å². The summed E-state index contributed by atoms with van der Waals surface area (Å²) in [5.41, 5.74) is -1.11. The number of benzene rings is 1. The maximum atomic E-state index is 12.5. The second-order valence-electron chi connectivity index (χ2n) is 3.90. The fraction of sp³-hybridized carbons (Fsp3) is 0.250. The summed E-state index contributed by atoms with van der Waals surface area (Å²) >= 11 is 5.65. The van der Waals surface area contributed by atoms with Crippen molar-refractivity contribution < 1.29 is 31.1 Å². The average Bonchev–Trinajstić information content (AvgIpc) is 2.33. The van der Waals surface area contributed by atoms with Crippen molar-refractivity contribution in [1.82, 2.24) is 5.32 Å². The van der Waals surface area contributed by atoms with E-state index in [9.17, 15) is 31.1 Å². The third-order valence-electron chi connectivity index (χ3n) is 2.20. The molecule has 0 saturated carbocycles. The van der Waals surface area contributed by atoms with Crippen LogP contribution in [0.4, 0.5) is 26.3 Å². The van der Waals surface area contributed by atoms with E-state index >= 15 is 0 Å². The molecule has 0 unspecified atom stereocenters. The second kappa shape index (κ2) is 6.38. The van der Waals surface area contributed by atoms with E-state index in [2.05, 4.69) is 0 Å². The lowest BCUT2D eigenvalue weighted by atomic mass is 10.1. The number of alkyl halides is 6. The van der Waals surface area contributed by atoms with Gasteiger partial charge in [-0.3, -0.25) is 4.79 Å². The molecule has 0 heterocycles. The van der Waals surface area contributed by atoms with Crippen LogP contribution < -0.4 is 5.32 Å². The molecule has 0 aliphatic carbocycles. The smallest absolute Gasteiger partial charge is 0.343 e. The number of nitrogens with one attached hydrogen (secondary N) is 1. The first kappa shape index (κ1) is 17.4. The maximum Gasteiger partial charge on any atom is 0.416 e. The fourth-order valence-corrected chi connectivity index (χ4v) is 1.44. The molecule has 1 N–H and O–H groups in total. The minimum Gasteiger partial charge on any atom is -0.343 e. The van der Waals surface area contributed by atoms with Crippen molar-refractivity contribution in [2.75, 3.05) is 6.54 Å². The number of hydrogen-bond donors (Lipinski definition) is 1. The molecule has 1 amide bonds. The molecule has 0 saturated heterocycles. The third-order valence-corrected chi connectivity index (χ3v) is 2.54. The van der Waals surface area contributed by atoms with Crippen LogP contribution in [0, 0.1) is 0 Å². The van der Waals surface area contributed by atoms with Crippen LogP contribution >= 0.6 is 11.6 Å². The molecule has 1 aromatic rings. The summed E-state index contributed by atoms with van der Waals surface area (Å²) in [7, 11) is 0. The predicted octanol–water partition coefficient (Wildman–Crippen LogP) is 4.05. The largest absolute Gasteiger partial charge is 0.416 e. The van der Waals surface area contributed by atoms with Gasteiger partial charge >= 0.3 is 12.4 Å². The van der Waals surface area contributed by atoms with Crippen LogP contribution in [0.25, 0.3) is 6.08 Å². The highest BCUT2D eigenvalue weighted by atomic mass is 35.5. The summed E-state index contributed by atoms with van der Waals surface area (Å²) in [4.78, 5) is 11.1. The van der Waals surface area contributed by atoms with E-state index in [-0.39, 0.29) is 10.6 Å². The molecule has 0 radical (unpaired) electrons. The van der Waals surface area contributed by atoms with Gasteiger partial charge in [-0.2, -0.15) is 26.3 Å². The number of rotatable bonds is 3. The lowest BCUT2D eigenvalue weighted by Crippen LogP contribution is -2.32. The number of amides is 1. The summed E-state index contributed by atoms with van der Waals surface area (Å²) in [6, 6.07) is 2.43. The Labute approximate surface area is 120 Å². The van der Waals surface area contributed by atoms with Crippen LogP contribution in [0.3, 0.4) is 0 Å². The fourth-order valence-electron chi connectivity index (χ4n) is 1.26. The number of halogens is 7. The Balaban J connectivity index is 2.82. The van der Waals surface area contributed by atoms with Gasteiger partial charge in [0.15, 0.2) is 0 Å². The van der Waals surface area contributed by atoms with Crippen molar-refractivity contribution in [2.24, 2.45) is 0 Å². The van der Waals surface area contributed by atoms with Crippen molar-refractivity contribution in [2.45, 2.75) is 12.4 Å². The Hall–Kier alpha value is -1.70. The van der Waals surface area contributed by atoms with Crippen LogP contribution in [-0.4, -0.2) is 18.6 Å². The quantitative estimate of drug-likeness (QED) is 0.657. The SMILES string of the molecule is O=C(/C=C/c1cc(C(F)(F)F)ccc1Cl)NCC(F)(F)F. The Morgan fingerprint density at radius 3 is 2.33 bits per heavy atom. The van der Waals surface area contributed by atoms with Crippen LogP contribution in [0.5, 0.6) is 0 Å². The van der Waals surface area contributed by atoms with E-state index in [1.807, 2.05) is 0 Å². The maximum absolute atomic E-state index is 12.5. The lowest BCUT2D eigenvalue weighted by molar-refractivity contribution is -0.137. The van der Waals surface area contributed by atoms with E-state index < -0.39 is 30.4 Å². The number of carbonyl (C=O) groups is 1. The Morgan fingerprint density at radius 1 is 1.19 bits per heavy atom. The molecule has 21 heavy (non-hydrogen) atoms. The highest BCUT2D eigenvalue weighted by Crippen LogP contribution is 2.32. The van der Waals surface area contributed by atoms with Crippen LogP contribution in [0.15, 0.2) is 24.3 Å². The van der Waals surface area contributed by atoms with E-state index in [4.69, 9.17) is 11.6 Å². The summed E-state index contributed by atoms with van der Waals surface area (Å²) in [5.74, 6) is -1.10. The molecule has 0 aliphatic rings. The minimum atomic E-state index is -4.59. The predicted molar refractivity (Wildman–Crippen MR) is 64.6 cm³/mol. The molecule has 9 heteroatoms. The molecular formula is C12H8ClF6NO. The zero-order valence-corrected chi connectivity index (χ0v) is 10.9. The molecule has 116 valence electrons. The second-order valence-corrected chi connectivity index (χ2v) is 4.31. The van der Waals surface area contributed by atoms with Crippen LogP contribution in [0.1, 0.15) is 11.1 Å². The summed E-state index contributed by atoms with van der Waals surface area (Å²) in [5, 5.41) is 1.47. The van der Waals surface area contributed by atoms with Gasteiger partial charge in [0, 0.05) is 11.1 Å². The van der Waals surface area contributed by atoms with E-state index in [0.717, 1.165) is 18.2 Å². The first-order valence-electron chi connectivity index (χ1n) is 5.38. The molecule has 1 rings (SSSR count). The molecule has 0 atom stereocenters. The highest BCUT2D eigenvalue weighted by molar-refractivity contribution is 6.32. The van der Waals surface area contributed by atoms with Gasteiger partial charge in [-0.15, -0.1) is 0 Å². The van der Waals surface area contributed by atoms with Crippen LogP contribution in [-0.2, 0) is 11.0 Å². The van der Waals surface area contributed by atoms with Crippen LogP contribution in [0.2, 0.25) is 5.02 Å². The average molecular weight is 332 g/mol. The lowest BCUT2D eigenvalue weighted by Gasteiger charge is -2.08. The molecule has 0 spiro atoms.